The number of β-amino-alcohol motifs (C(OH)–C–C–N with tert-alkyl or cyclic N) is 1. The van der Waals surface area contributed by atoms with Crippen LogP contribution in [0.15, 0.2) is 77.6 Å². The lowest BCUT2D eigenvalue weighted by Crippen LogP contribution is -2.51. The molecule has 10 nitrogen and oxygen atoms in total. The van der Waals surface area contributed by atoms with Crippen molar-refractivity contribution in [3.8, 4) is 17.2 Å². The molecule has 2 aliphatic heterocycles. The summed E-state index contributed by atoms with van der Waals surface area (Å²) in [5, 5.41) is 13.2. The summed E-state index contributed by atoms with van der Waals surface area (Å²) in [4.78, 5) is 21.0. The molecular weight excluding hydrogens is 464 g/mol. The number of nitrogens with zero attached hydrogens (tertiary/aromatic N) is 3. The normalized spacial score (nSPS) is 17.2. The van der Waals surface area contributed by atoms with E-state index in [1.54, 1.807) is 0 Å². The number of carbonyl (C=O) groups excluding carboxylic acids is 1. The summed E-state index contributed by atoms with van der Waals surface area (Å²) < 4.78 is 21.8. The van der Waals surface area contributed by atoms with Crippen LogP contribution in [0, 0.1) is 0 Å². The van der Waals surface area contributed by atoms with E-state index in [1.165, 1.54) is 18.8 Å². The number of hydrogen-bond acceptors (Lipinski definition) is 9. The summed E-state index contributed by atoms with van der Waals surface area (Å²) in [7, 11) is 0. The van der Waals surface area contributed by atoms with Crippen molar-refractivity contribution in [3.05, 3.63) is 73.2 Å². The van der Waals surface area contributed by atoms with Crippen LogP contribution < -0.4 is 10.1 Å². The highest BCUT2D eigenvalue weighted by atomic mass is 16.5. The standard InChI is InChI=1S/C26H28N4O6/c31-20(15-29-8-10-30(11-9-29)16-24(32)28-25-18-33-12-13-34-25)17-35-21-6-7-23-22(14-21)27-26(36-23)19-4-2-1-3-5-19/h1-7,12-14,18,20,31H,8-11,15-17H2,(H,28,32)/t20-/m1/s1. The summed E-state index contributed by atoms with van der Waals surface area (Å²) >= 11 is 0. The lowest BCUT2D eigenvalue weighted by atomic mass is 10.2. The number of amides is 1. The number of hydrogen-bond donors (Lipinski definition) is 2. The van der Waals surface area contributed by atoms with Crippen LogP contribution in [0.5, 0.6) is 5.75 Å². The minimum Gasteiger partial charge on any atom is -0.491 e. The van der Waals surface area contributed by atoms with Crippen molar-refractivity contribution < 1.29 is 28.5 Å². The molecule has 0 radical (unpaired) electrons. The number of oxazole rings is 1. The molecule has 1 fully saturated rings. The average Bonchev–Trinajstić information content (AvgIpc) is 3.33. The van der Waals surface area contributed by atoms with Gasteiger partial charge in [-0.3, -0.25) is 19.9 Å². The third-order valence-electron chi connectivity index (χ3n) is 5.89. The first-order valence-electron chi connectivity index (χ1n) is 11.8. The largest absolute Gasteiger partial charge is 0.491 e. The van der Waals surface area contributed by atoms with Gasteiger partial charge in [0.05, 0.1) is 6.54 Å². The van der Waals surface area contributed by atoms with E-state index < -0.39 is 6.10 Å². The van der Waals surface area contributed by atoms with Crippen molar-refractivity contribution in [2.75, 3.05) is 45.9 Å². The Morgan fingerprint density at radius 2 is 1.89 bits per heavy atom. The number of aliphatic hydroxyl groups excluding tert-OH is 1. The van der Waals surface area contributed by atoms with Gasteiger partial charge in [0.1, 0.15) is 36.5 Å². The molecule has 2 aromatic carbocycles. The quantitative estimate of drug-likeness (QED) is 0.465. The smallest absolute Gasteiger partial charge is 0.240 e. The number of aromatic nitrogens is 1. The first-order chi connectivity index (χ1) is 17.6. The van der Waals surface area contributed by atoms with Gasteiger partial charge in [-0.25, -0.2) is 4.98 Å². The summed E-state index contributed by atoms with van der Waals surface area (Å²) in [5.41, 5.74) is 2.30. The van der Waals surface area contributed by atoms with Crippen LogP contribution in [-0.2, 0) is 14.3 Å². The molecule has 0 unspecified atom stereocenters. The van der Waals surface area contributed by atoms with E-state index in [0.29, 0.717) is 29.3 Å². The first-order valence-corrected chi connectivity index (χ1v) is 11.8. The van der Waals surface area contributed by atoms with E-state index in [2.05, 4.69) is 20.1 Å². The number of benzene rings is 2. The zero-order valence-corrected chi connectivity index (χ0v) is 19.7. The molecule has 3 aromatic rings. The number of carbonyl (C=O) groups is 1. The zero-order valence-electron chi connectivity index (χ0n) is 19.7. The zero-order chi connectivity index (χ0) is 24.7. The monoisotopic (exact) mass is 492 g/mol. The molecule has 1 amide bonds. The van der Waals surface area contributed by atoms with Crippen LogP contribution in [0.25, 0.3) is 22.6 Å². The van der Waals surface area contributed by atoms with E-state index in [9.17, 15) is 9.90 Å². The van der Waals surface area contributed by atoms with Crippen LogP contribution in [-0.4, -0.2) is 77.8 Å². The molecule has 0 spiro atoms. The average molecular weight is 493 g/mol. The maximum atomic E-state index is 12.2. The second kappa shape index (κ2) is 11.3. The Labute approximate surface area is 208 Å². The minimum atomic E-state index is -0.642. The van der Waals surface area contributed by atoms with E-state index in [1.807, 2.05) is 48.5 Å². The summed E-state index contributed by atoms with van der Waals surface area (Å²) in [6.07, 6.45) is 3.44. The van der Waals surface area contributed by atoms with Gasteiger partial charge in [0, 0.05) is 44.4 Å². The van der Waals surface area contributed by atoms with Crippen LogP contribution in [0.2, 0.25) is 0 Å². The van der Waals surface area contributed by atoms with Gasteiger partial charge in [0.2, 0.25) is 17.7 Å². The van der Waals surface area contributed by atoms with E-state index in [-0.39, 0.29) is 24.9 Å². The Kier molecular flexibility index (Phi) is 7.46. The molecular formula is C26H28N4O6. The summed E-state index contributed by atoms with van der Waals surface area (Å²) in [6.45, 7) is 3.89. The molecule has 1 atom stereocenters. The molecule has 0 aliphatic carbocycles. The minimum absolute atomic E-state index is 0.165. The van der Waals surface area contributed by atoms with Crippen LogP contribution >= 0.6 is 0 Å². The van der Waals surface area contributed by atoms with E-state index in [4.69, 9.17) is 18.6 Å². The summed E-state index contributed by atoms with van der Waals surface area (Å²) in [6, 6.07) is 15.2. The van der Waals surface area contributed by atoms with E-state index >= 15 is 0 Å². The van der Waals surface area contributed by atoms with Crippen molar-refractivity contribution in [1.82, 2.24) is 20.1 Å². The SMILES string of the molecule is O=C(CN1CCN(C[C@@H](O)COc2ccc3oc(-c4ccccc4)nc3c2)CC1)NC1=COC=CO1. The van der Waals surface area contributed by atoms with Crippen molar-refractivity contribution >= 4 is 17.0 Å². The number of nitrogens with one attached hydrogen (secondary N) is 1. The maximum Gasteiger partial charge on any atom is 0.240 e. The molecule has 10 heteroatoms. The number of fused-ring (bicyclic) bond motifs is 1. The van der Waals surface area contributed by atoms with E-state index in [0.717, 1.165) is 31.7 Å². The molecule has 2 aliphatic rings. The fraction of sp³-hybridized carbons (Fsp3) is 0.308. The van der Waals surface area contributed by atoms with Crippen LogP contribution in [0.1, 0.15) is 0 Å². The molecule has 0 saturated carbocycles. The fourth-order valence-electron chi connectivity index (χ4n) is 4.08. The third-order valence-corrected chi connectivity index (χ3v) is 5.89. The molecule has 1 saturated heterocycles. The van der Waals surface area contributed by atoms with Crippen molar-refractivity contribution in [2.45, 2.75) is 6.10 Å². The Hall–Kier alpha value is -3.86. The lowest BCUT2D eigenvalue weighted by Gasteiger charge is -2.35. The Morgan fingerprint density at radius 3 is 2.67 bits per heavy atom. The molecule has 5 rings (SSSR count). The van der Waals surface area contributed by atoms with Gasteiger partial charge in [-0.05, 0) is 24.3 Å². The molecule has 36 heavy (non-hydrogen) atoms. The van der Waals surface area contributed by atoms with Crippen LogP contribution in [0.3, 0.4) is 0 Å². The highest BCUT2D eigenvalue weighted by Gasteiger charge is 2.22. The lowest BCUT2D eigenvalue weighted by molar-refractivity contribution is -0.122. The van der Waals surface area contributed by atoms with Crippen LogP contribution in [0.4, 0.5) is 0 Å². The van der Waals surface area contributed by atoms with Gasteiger partial charge in [-0.2, -0.15) is 0 Å². The molecule has 188 valence electrons. The highest BCUT2D eigenvalue weighted by Crippen LogP contribution is 2.27. The van der Waals surface area contributed by atoms with Gasteiger partial charge in [-0.15, -0.1) is 0 Å². The molecule has 2 N–H and O–H groups in total. The van der Waals surface area contributed by atoms with Crippen molar-refractivity contribution in [1.29, 1.82) is 0 Å². The maximum absolute atomic E-state index is 12.2. The predicted octanol–water partition coefficient (Wildman–Crippen LogP) is 2.29. The Bertz CT molecular complexity index is 1230. The first kappa shape index (κ1) is 23.9. The molecule has 1 aromatic heterocycles. The van der Waals surface area contributed by atoms with Gasteiger partial charge in [0.25, 0.3) is 0 Å². The highest BCUT2D eigenvalue weighted by molar-refractivity contribution is 5.79. The van der Waals surface area contributed by atoms with Gasteiger partial charge in [-0.1, -0.05) is 18.2 Å². The third kappa shape index (κ3) is 6.22. The second-order valence-corrected chi connectivity index (χ2v) is 8.61. The second-order valence-electron chi connectivity index (χ2n) is 8.61. The Balaban J connectivity index is 1.04. The number of piperazine rings is 1. The Morgan fingerprint density at radius 1 is 1.08 bits per heavy atom. The summed E-state index contributed by atoms with van der Waals surface area (Å²) in [5.74, 6) is 1.29. The molecule has 3 heterocycles. The van der Waals surface area contributed by atoms with Crippen molar-refractivity contribution in [3.63, 3.8) is 0 Å². The fourth-order valence-corrected chi connectivity index (χ4v) is 4.08. The number of aliphatic hydroxyl groups is 1. The number of ether oxygens (including phenoxy) is 3. The van der Waals surface area contributed by atoms with Gasteiger partial charge >= 0.3 is 0 Å². The number of rotatable bonds is 9. The predicted molar refractivity (Wildman–Crippen MR) is 131 cm³/mol. The van der Waals surface area contributed by atoms with Gasteiger partial charge < -0.3 is 23.7 Å². The molecule has 0 bridgehead atoms. The van der Waals surface area contributed by atoms with Crippen molar-refractivity contribution in [2.24, 2.45) is 0 Å². The topological polar surface area (TPSA) is 110 Å². The van der Waals surface area contributed by atoms with Gasteiger partial charge in [0.15, 0.2) is 11.8 Å².